The van der Waals surface area contributed by atoms with Crippen LogP contribution < -0.4 is 5.32 Å². The van der Waals surface area contributed by atoms with Gasteiger partial charge < -0.3 is 5.32 Å². The summed E-state index contributed by atoms with van der Waals surface area (Å²) in [6.07, 6.45) is -1.43. The van der Waals surface area contributed by atoms with Crippen molar-refractivity contribution < 1.29 is 13.2 Å². The van der Waals surface area contributed by atoms with E-state index in [0.717, 1.165) is 12.1 Å². The zero-order valence-corrected chi connectivity index (χ0v) is 9.38. The van der Waals surface area contributed by atoms with E-state index in [2.05, 4.69) is 10.4 Å². The molecule has 1 aromatic heterocycles. The Hall–Kier alpha value is -1.04. The summed E-state index contributed by atoms with van der Waals surface area (Å²) in [4.78, 5) is 0. The summed E-state index contributed by atoms with van der Waals surface area (Å²) in [6, 6.07) is -0.579. The van der Waals surface area contributed by atoms with Crippen molar-refractivity contribution in [3.8, 4) is 0 Å². The maximum absolute atomic E-state index is 12.0. The molecule has 0 aliphatic heterocycles. The summed E-state index contributed by atoms with van der Waals surface area (Å²) in [5.74, 6) is 0. The second-order valence-electron chi connectivity index (χ2n) is 3.81. The zero-order valence-electron chi connectivity index (χ0n) is 9.38. The van der Waals surface area contributed by atoms with E-state index in [1.54, 1.807) is 10.9 Å². The third kappa shape index (κ3) is 4.65. The second kappa shape index (κ2) is 5.34. The minimum absolute atomic E-state index is 0.414. The highest BCUT2D eigenvalue weighted by atomic mass is 19.4. The zero-order chi connectivity index (χ0) is 12.2. The highest BCUT2D eigenvalue weighted by Gasteiger charge is 2.29. The number of hydrogen-bond acceptors (Lipinski definition) is 2. The van der Waals surface area contributed by atoms with Gasteiger partial charge in [-0.2, -0.15) is 18.3 Å². The quantitative estimate of drug-likeness (QED) is 0.848. The SMILES string of the molecule is CCn1cc(CNC(C)CC(F)(F)F)cn1. The number of alkyl halides is 3. The fraction of sp³-hybridized carbons (Fsp3) is 0.700. The Kier molecular flexibility index (Phi) is 4.35. The van der Waals surface area contributed by atoms with Gasteiger partial charge in [0, 0.05) is 30.9 Å². The lowest BCUT2D eigenvalue weighted by atomic mass is 10.2. The van der Waals surface area contributed by atoms with Crippen LogP contribution in [-0.4, -0.2) is 22.0 Å². The molecule has 0 spiro atoms. The molecule has 0 bridgehead atoms. The Labute approximate surface area is 92.6 Å². The van der Waals surface area contributed by atoms with E-state index in [1.165, 1.54) is 6.92 Å². The first-order valence-corrected chi connectivity index (χ1v) is 5.22. The lowest BCUT2D eigenvalue weighted by Gasteiger charge is -2.14. The van der Waals surface area contributed by atoms with Gasteiger partial charge in [0.2, 0.25) is 0 Å². The highest BCUT2D eigenvalue weighted by molar-refractivity contribution is 5.03. The molecule has 0 aliphatic rings. The molecule has 92 valence electrons. The normalized spacial score (nSPS) is 14.1. The number of aromatic nitrogens is 2. The largest absolute Gasteiger partial charge is 0.390 e. The maximum Gasteiger partial charge on any atom is 0.390 e. The topological polar surface area (TPSA) is 29.9 Å². The number of halogens is 3. The van der Waals surface area contributed by atoms with E-state index in [0.29, 0.717) is 6.54 Å². The summed E-state index contributed by atoms with van der Waals surface area (Å²) in [6.45, 7) is 4.66. The van der Waals surface area contributed by atoms with Gasteiger partial charge in [0.25, 0.3) is 0 Å². The first kappa shape index (κ1) is 13.0. The van der Waals surface area contributed by atoms with Crippen LogP contribution in [0.5, 0.6) is 0 Å². The molecule has 6 heteroatoms. The van der Waals surface area contributed by atoms with Crippen molar-refractivity contribution >= 4 is 0 Å². The van der Waals surface area contributed by atoms with Crippen molar-refractivity contribution in [1.29, 1.82) is 0 Å². The molecule has 1 aromatic rings. The predicted octanol–water partition coefficient (Wildman–Crippen LogP) is 2.33. The van der Waals surface area contributed by atoms with Gasteiger partial charge >= 0.3 is 6.18 Å². The monoisotopic (exact) mass is 235 g/mol. The molecular weight excluding hydrogens is 219 g/mol. The Bertz CT molecular complexity index is 319. The average Bonchev–Trinajstić information content (AvgIpc) is 2.59. The standard InChI is InChI=1S/C10H16F3N3/c1-3-16-7-9(6-15-16)5-14-8(2)4-10(11,12)13/h6-8,14H,3-5H2,1-2H3. The molecule has 1 heterocycles. The Morgan fingerprint density at radius 3 is 2.69 bits per heavy atom. The molecule has 16 heavy (non-hydrogen) atoms. The maximum atomic E-state index is 12.0. The molecule has 3 nitrogen and oxygen atoms in total. The molecule has 0 aromatic carbocycles. The van der Waals surface area contributed by atoms with Gasteiger partial charge in [-0.1, -0.05) is 0 Å². The van der Waals surface area contributed by atoms with Crippen molar-refractivity contribution in [3.05, 3.63) is 18.0 Å². The van der Waals surface area contributed by atoms with Crippen molar-refractivity contribution in [2.75, 3.05) is 0 Å². The average molecular weight is 235 g/mol. The third-order valence-electron chi connectivity index (χ3n) is 2.20. The number of nitrogens with zero attached hydrogens (tertiary/aromatic N) is 2. The summed E-state index contributed by atoms with van der Waals surface area (Å²) >= 11 is 0. The van der Waals surface area contributed by atoms with E-state index in [-0.39, 0.29) is 0 Å². The van der Waals surface area contributed by atoms with Crippen LogP contribution >= 0.6 is 0 Å². The Morgan fingerprint density at radius 1 is 1.50 bits per heavy atom. The summed E-state index contributed by atoms with van der Waals surface area (Å²) in [7, 11) is 0. The minimum Gasteiger partial charge on any atom is -0.310 e. The smallest absolute Gasteiger partial charge is 0.310 e. The van der Waals surface area contributed by atoms with E-state index >= 15 is 0 Å². The van der Waals surface area contributed by atoms with Gasteiger partial charge in [0.15, 0.2) is 0 Å². The second-order valence-corrected chi connectivity index (χ2v) is 3.81. The summed E-state index contributed by atoms with van der Waals surface area (Å²) in [5.41, 5.74) is 0.899. The molecule has 0 saturated heterocycles. The van der Waals surface area contributed by atoms with Crippen LogP contribution in [0.25, 0.3) is 0 Å². The molecule has 1 unspecified atom stereocenters. The van der Waals surface area contributed by atoms with Crippen molar-refractivity contribution in [2.45, 2.75) is 45.6 Å². The molecule has 1 rings (SSSR count). The van der Waals surface area contributed by atoms with Gasteiger partial charge in [0.1, 0.15) is 0 Å². The molecule has 0 saturated carbocycles. The lowest BCUT2D eigenvalue weighted by Crippen LogP contribution is -2.30. The first-order valence-electron chi connectivity index (χ1n) is 5.22. The van der Waals surface area contributed by atoms with Gasteiger partial charge in [-0.05, 0) is 13.8 Å². The van der Waals surface area contributed by atoms with E-state index in [4.69, 9.17) is 0 Å². The highest BCUT2D eigenvalue weighted by Crippen LogP contribution is 2.21. The molecule has 1 N–H and O–H groups in total. The van der Waals surface area contributed by atoms with Crippen LogP contribution in [0.2, 0.25) is 0 Å². The van der Waals surface area contributed by atoms with Crippen LogP contribution in [0, 0.1) is 0 Å². The van der Waals surface area contributed by atoms with Gasteiger partial charge in [-0.15, -0.1) is 0 Å². The van der Waals surface area contributed by atoms with Crippen LogP contribution in [0.3, 0.4) is 0 Å². The third-order valence-corrected chi connectivity index (χ3v) is 2.20. The Balaban J connectivity index is 2.34. The van der Waals surface area contributed by atoms with E-state index in [9.17, 15) is 13.2 Å². The molecule has 1 atom stereocenters. The van der Waals surface area contributed by atoms with Crippen LogP contribution in [-0.2, 0) is 13.1 Å². The van der Waals surface area contributed by atoms with Crippen LogP contribution in [0.15, 0.2) is 12.4 Å². The number of hydrogen-bond donors (Lipinski definition) is 1. The van der Waals surface area contributed by atoms with Gasteiger partial charge in [-0.25, -0.2) is 0 Å². The van der Waals surface area contributed by atoms with E-state index < -0.39 is 18.6 Å². The molecular formula is C10H16F3N3. The Morgan fingerprint density at radius 2 is 2.19 bits per heavy atom. The van der Waals surface area contributed by atoms with Crippen molar-refractivity contribution in [2.24, 2.45) is 0 Å². The summed E-state index contributed by atoms with van der Waals surface area (Å²) < 4.78 is 37.8. The molecule has 0 fully saturated rings. The number of nitrogens with one attached hydrogen (secondary N) is 1. The molecule has 0 aliphatic carbocycles. The fourth-order valence-corrected chi connectivity index (χ4v) is 1.38. The first-order chi connectivity index (χ1) is 7.40. The molecule has 0 radical (unpaired) electrons. The number of rotatable bonds is 5. The fourth-order valence-electron chi connectivity index (χ4n) is 1.38. The summed E-state index contributed by atoms with van der Waals surface area (Å²) in [5, 5.41) is 6.86. The molecule has 0 amide bonds. The minimum atomic E-state index is -4.11. The van der Waals surface area contributed by atoms with Crippen molar-refractivity contribution in [1.82, 2.24) is 15.1 Å². The van der Waals surface area contributed by atoms with Crippen LogP contribution in [0.1, 0.15) is 25.8 Å². The lowest BCUT2D eigenvalue weighted by molar-refractivity contribution is -0.139. The van der Waals surface area contributed by atoms with Crippen LogP contribution in [0.4, 0.5) is 13.2 Å². The number of aryl methyl sites for hydroxylation is 1. The van der Waals surface area contributed by atoms with Gasteiger partial charge in [0.05, 0.1) is 12.6 Å². The van der Waals surface area contributed by atoms with Crippen molar-refractivity contribution in [3.63, 3.8) is 0 Å². The predicted molar refractivity (Wildman–Crippen MR) is 54.9 cm³/mol. The van der Waals surface area contributed by atoms with E-state index in [1.807, 2.05) is 13.1 Å². The van der Waals surface area contributed by atoms with Gasteiger partial charge in [-0.3, -0.25) is 4.68 Å².